The molecule has 0 fully saturated rings. The second-order valence-corrected chi connectivity index (χ2v) is 6.59. The number of rotatable bonds is 4. The van der Waals surface area contributed by atoms with Gasteiger partial charge in [0.25, 0.3) is 0 Å². The van der Waals surface area contributed by atoms with Crippen LogP contribution in [0.5, 0.6) is 0 Å². The van der Waals surface area contributed by atoms with Crippen LogP contribution in [0.2, 0.25) is 0 Å². The van der Waals surface area contributed by atoms with Gasteiger partial charge in [-0.1, -0.05) is 13.3 Å². The normalized spacial score (nSPS) is 11.3. The van der Waals surface area contributed by atoms with Gasteiger partial charge in [0.1, 0.15) is 16.7 Å². The minimum Gasteiger partial charge on any atom is -0.478 e. The Kier molecular flexibility index (Phi) is 4.19. The lowest BCUT2D eigenvalue weighted by Gasteiger charge is -2.10. The molecule has 146 valence electrons. The first kappa shape index (κ1) is 18.4. The van der Waals surface area contributed by atoms with Crippen molar-refractivity contribution in [3.8, 4) is 0 Å². The third-order valence-electron chi connectivity index (χ3n) is 4.70. The fourth-order valence-electron chi connectivity index (χ4n) is 3.39. The summed E-state index contributed by atoms with van der Waals surface area (Å²) in [6.45, 7) is 1.88. The number of carboxylic acids is 2. The Morgan fingerprint density at radius 2 is 1.62 bits per heavy atom. The van der Waals surface area contributed by atoms with Crippen molar-refractivity contribution in [1.82, 2.24) is 0 Å². The van der Waals surface area contributed by atoms with Gasteiger partial charge in [0.2, 0.25) is 11.2 Å². The number of benzene rings is 2. The van der Waals surface area contributed by atoms with Crippen LogP contribution in [-0.4, -0.2) is 22.2 Å². The number of fused-ring (bicyclic) bond motifs is 3. The zero-order valence-electron chi connectivity index (χ0n) is 15.1. The smallest absolute Gasteiger partial charge is 0.371 e. The zero-order chi connectivity index (χ0) is 20.9. The Bertz CT molecular complexity index is 1460. The molecule has 0 atom stereocenters. The topological polar surface area (TPSA) is 135 Å². The predicted octanol–water partition coefficient (Wildman–Crippen LogP) is 3.40. The molecule has 8 nitrogen and oxygen atoms in total. The highest BCUT2D eigenvalue weighted by atomic mass is 16.4. The van der Waals surface area contributed by atoms with Gasteiger partial charge < -0.3 is 19.0 Å². The van der Waals surface area contributed by atoms with E-state index in [2.05, 4.69) is 0 Å². The highest BCUT2D eigenvalue weighted by Crippen LogP contribution is 2.30. The van der Waals surface area contributed by atoms with Gasteiger partial charge in [-0.25, -0.2) is 9.59 Å². The molecule has 0 spiro atoms. The van der Waals surface area contributed by atoms with E-state index in [0.717, 1.165) is 6.07 Å². The first-order chi connectivity index (χ1) is 13.8. The van der Waals surface area contributed by atoms with Gasteiger partial charge in [0.05, 0.1) is 21.7 Å². The van der Waals surface area contributed by atoms with Gasteiger partial charge >= 0.3 is 11.9 Å². The molecule has 2 N–H and O–H groups in total. The van der Waals surface area contributed by atoms with Crippen molar-refractivity contribution in [2.24, 2.45) is 0 Å². The Hall–Kier alpha value is -3.94. The van der Waals surface area contributed by atoms with Crippen LogP contribution in [0.25, 0.3) is 32.9 Å². The quantitative estimate of drug-likeness (QED) is 0.503. The average molecular weight is 394 g/mol. The van der Waals surface area contributed by atoms with Crippen molar-refractivity contribution in [2.45, 2.75) is 19.8 Å². The van der Waals surface area contributed by atoms with Gasteiger partial charge in [-0.05, 0) is 30.7 Å². The highest BCUT2D eigenvalue weighted by molar-refractivity contribution is 6.02. The summed E-state index contributed by atoms with van der Waals surface area (Å²) >= 11 is 0. The molecule has 8 heteroatoms. The first-order valence-electron chi connectivity index (χ1n) is 8.78. The molecule has 0 amide bonds. The van der Waals surface area contributed by atoms with E-state index in [1.807, 2.05) is 6.92 Å². The molecular formula is C21H14O8. The SMILES string of the molecule is CCCc1c2oc(C(=O)O)cc(=O)c2cc2c(=O)c3cc(C(=O)O)ccc3oc12. The standard InChI is InChI=1S/C21H14O8/c1-2-3-10-18-11(14(22)8-16(29-18)21(26)27)7-13-17(23)12-6-9(20(24)25)4-5-15(12)28-19(10)13/h4-8H,2-3H2,1H3,(H,24,25)(H,26,27). The molecule has 0 saturated heterocycles. The van der Waals surface area contributed by atoms with Crippen LogP contribution in [0.1, 0.15) is 39.8 Å². The molecule has 0 bridgehead atoms. The van der Waals surface area contributed by atoms with Crippen LogP contribution >= 0.6 is 0 Å². The minimum atomic E-state index is -1.38. The van der Waals surface area contributed by atoms with E-state index in [-0.39, 0.29) is 38.5 Å². The van der Waals surface area contributed by atoms with Crippen molar-refractivity contribution >= 4 is 44.8 Å². The van der Waals surface area contributed by atoms with E-state index in [4.69, 9.17) is 8.83 Å². The van der Waals surface area contributed by atoms with E-state index in [0.29, 0.717) is 18.4 Å². The van der Waals surface area contributed by atoms with E-state index in [1.54, 1.807) is 0 Å². The Labute approximate surface area is 161 Å². The predicted molar refractivity (Wildman–Crippen MR) is 104 cm³/mol. The molecule has 0 aliphatic heterocycles. The molecule has 29 heavy (non-hydrogen) atoms. The number of aryl methyl sites for hydroxylation is 1. The molecule has 2 aromatic heterocycles. The second kappa shape index (κ2) is 6.59. The summed E-state index contributed by atoms with van der Waals surface area (Å²) in [5.41, 5.74) is -0.293. The number of hydrogen-bond donors (Lipinski definition) is 2. The first-order valence-corrected chi connectivity index (χ1v) is 8.78. The molecule has 4 rings (SSSR count). The summed E-state index contributed by atoms with van der Waals surface area (Å²) in [5.74, 6) is -3.07. The zero-order valence-corrected chi connectivity index (χ0v) is 15.1. The van der Waals surface area contributed by atoms with Gasteiger partial charge in [0.15, 0.2) is 5.43 Å². The van der Waals surface area contributed by atoms with Crippen LogP contribution in [0, 0.1) is 0 Å². The molecule has 0 saturated carbocycles. The lowest BCUT2D eigenvalue weighted by molar-refractivity contribution is 0.0660. The molecule has 0 aliphatic carbocycles. The molecule has 2 heterocycles. The summed E-state index contributed by atoms with van der Waals surface area (Å²) in [7, 11) is 0. The minimum absolute atomic E-state index is 0.0620. The van der Waals surface area contributed by atoms with Crippen LogP contribution in [0.4, 0.5) is 0 Å². The van der Waals surface area contributed by atoms with Crippen molar-refractivity contribution < 1.29 is 28.6 Å². The third-order valence-corrected chi connectivity index (χ3v) is 4.70. The van der Waals surface area contributed by atoms with Crippen molar-refractivity contribution in [3.63, 3.8) is 0 Å². The van der Waals surface area contributed by atoms with Crippen LogP contribution in [-0.2, 0) is 6.42 Å². The Balaban J connectivity index is 2.22. The maximum absolute atomic E-state index is 13.1. The Morgan fingerprint density at radius 1 is 0.897 bits per heavy atom. The number of carbonyl (C=O) groups is 2. The Morgan fingerprint density at radius 3 is 2.28 bits per heavy atom. The monoisotopic (exact) mass is 394 g/mol. The maximum Gasteiger partial charge on any atom is 0.371 e. The van der Waals surface area contributed by atoms with E-state index < -0.39 is 28.6 Å². The van der Waals surface area contributed by atoms with Crippen molar-refractivity contribution in [3.05, 3.63) is 67.7 Å². The van der Waals surface area contributed by atoms with Crippen LogP contribution < -0.4 is 10.9 Å². The van der Waals surface area contributed by atoms with Crippen LogP contribution in [0.3, 0.4) is 0 Å². The molecule has 4 aromatic rings. The van der Waals surface area contributed by atoms with Crippen LogP contribution in [0.15, 0.2) is 48.8 Å². The summed E-state index contributed by atoms with van der Waals surface area (Å²) in [6.07, 6.45) is 0.996. The number of hydrogen-bond acceptors (Lipinski definition) is 6. The second-order valence-electron chi connectivity index (χ2n) is 6.59. The molecule has 0 unspecified atom stereocenters. The largest absolute Gasteiger partial charge is 0.478 e. The number of aromatic carboxylic acids is 2. The van der Waals surface area contributed by atoms with Gasteiger partial charge in [0, 0.05) is 11.6 Å². The van der Waals surface area contributed by atoms with Gasteiger partial charge in [-0.3, -0.25) is 9.59 Å². The fourth-order valence-corrected chi connectivity index (χ4v) is 3.39. The van der Waals surface area contributed by atoms with Gasteiger partial charge in [-0.15, -0.1) is 0 Å². The third kappa shape index (κ3) is 2.85. The van der Waals surface area contributed by atoms with Crippen molar-refractivity contribution in [1.29, 1.82) is 0 Å². The lowest BCUT2D eigenvalue weighted by atomic mass is 10.0. The lowest BCUT2D eigenvalue weighted by Crippen LogP contribution is -2.10. The molecule has 2 aromatic carbocycles. The molecular weight excluding hydrogens is 380 g/mol. The summed E-state index contributed by atoms with van der Waals surface area (Å²) in [5, 5.41) is 18.6. The van der Waals surface area contributed by atoms with E-state index >= 15 is 0 Å². The highest BCUT2D eigenvalue weighted by Gasteiger charge is 2.20. The van der Waals surface area contributed by atoms with E-state index in [9.17, 15) is 29.4 Å². The summed E-state index contributed by atoms with van der Waals surface area (Å²) < 4.78 is 11.4. The van der Waals surface area contributed by atoms with Crippen molar-refractivity contribution in [2.75, 3.05) is 0 Å². The summed E-state index contributed by atoms with van der Waals surface area (Å²) in [4.78, 5) is 48.1. The fraction of sp³-hybridized carbons (Fsp3) is 0.143. The molecule has 0 aliphatic rings. The van der Waals surface area contributed by atoms with E-state index in [1.165, 1.54) is 24.3 Å². The average Bonchev–Trinajstić information content (AvgIpc) is 2.68. The van der Waals surface area contributed by atoms with Gasteiger partial charge in [-0.2, -0.15) is 0 Å². The molecule has 0 radical (unpaired) electrons. The maximum atomic E-state index is 13.1. The number of carboxylic acid groups (broad SMARTS) is 2. The summed E-state index contributed by atoms with van der Waals surface area (Å²) in [6, 6.07) is 6.10.